The molecule has 22 heavy (non-hydrogen) atoms. The summed E-state index contributed by atoms with van der Waals surface area (Å²) in [5, 5.41) is 2.45. The normalized spacial score (nSPS) is 11.4. The Morgan fingerprint density at radius 2 is 2.05 bits per heavy atom. The van der Waals surface area contributed by atoms with Gasteiger partial charge in [0.2, 0.25) is 5.91 Å². The van der Waals surface area contributed by atoms with Crippen LogP contribution in [0.3, 0.4) is 0 Å². The molecule has 2 amide bonds. The number of carbonyl (C=O) groups is 4. The van der Waals surface area contributed by atoms with E-state index in [4.69, 9.17) is 5.73 Å². The predicted octanol–water partition coefficient (Wildman–Crippen LogP) is 0.247. The molecule has 0 bridgehead atoms. The highest BCUT2D eigenvalue weighted by Crippen LogP contribution is 2.19. The number of likely N-dealkylation sites (N-methyl/N-ethyl adjacent to an activating group) is 1. The molecule has 0 aliphatic carbocycles. The fourth-order valence-corrected chi connectivity index (χ4v) is 2.02. The van der Waals surface area contributed by atoms with Crippen LogP contribution >= 0.6 is 0 Å². The zero-order valence-electron chi connectivity index (χ0n) is 12.5. The number of hydrogen-bond acceptors (Lipinski definition) is 5. The van der Waals surface area contributed by atoms with Crippen molar-refractivity contribution in [2.45, 2.75) is 18.9 Å². The summed E-state index contributed by atoms with van der Waals surface area (Å²) in [7, 11) is 2.93. The Morgan fingerprint density at radius 3 is 2.59 bits per heavy atom. The standard InChI is InChI=1S/C15H19N3O4/c1-17-13(21)7-6-11(9-20)18(2)15(22)14-10(8-19)4-3-5-12(14)16/h3-5,8-9,11H,6-7,16H2,1-2H3,(H,17,21). The number of amides is 2. The number of nitrogens with zero attached hydrogens (tertiary/aromatic N) is 1. The molecule has 0 aliphatic rings. The molecule has 1 unspecified atom stereocenters. The number of rotatable bonds is 7. The van der Waals surface area contributed by atoms with Crippen molar-refractivity contribution in [2.24, 2.45) is 0 Å². The first-order valence-electron chi connectivity index (χ1n) is 6.73. The second-order valence-electron chi connectivity index (χ2n) is 4.76. The van der Waals surface area contributed by atoms with E-state index in [0.717, 1.165) is 0 Å². The smallest absolute Gasteiger partial charge is 0.257 e. The van der Waals surface area contributed by atoms with Crippen molar-refractivity contribution in [3.8, 4) is 0 Å². The summed E-state index contributed by atoms with van der Waals surface area (Å²) in [6.07, 6.45) is 1.44. The summed E-state index contributed by atoms with van der Waals surface area (Å²) >= 11 is 0. The Morgan fingerprint density at radius 1 is 1.36 bits per heavy atom. The zero-order chi connectivity index (χ0) is 16.7. The van der Waals surface area contributed by atoms with Gasteiger partial charge in [-0.3, -0.25) is 14.4 Å². The lowest BCUT2D eigenvalue weighted by Gasteiger charge is -2.24. The Balaban J connectivity index is 2.98. The molecule has 0 radical (unpaired) electrons. The largest absolute Gasteiger partial charge is 0.398 e. The van der Waals surface area contributed by atoms with Gasteiger partial charge >= 0.3 is 0 Å². The molecule has 7 heteroatoms. The molecule has 1 aromatic rings. The number of anilines is 1. The van der Waals surface area contributed by atoms with E-state index in [1.807, 2.05) is 0 Å². The number of nitrogen functional groups attached to an aromatic ring is 1. The Hall–Kier alpha value is -2.70. The van der Waals surface area contributed by atoms with Crippen LogP contribution < -0.4 is 11.1 Å². The van der Waals surface area contributed by atoms with E-state index in [2.05, 4.69) is 5.32 Å². The van der Waals surface area contributed by atoms with Crippen LogP contribution in [0.5, 0.6) is 0 Å². The first kappa shape index (κ1) is 17.4. The van der Waals surface area contributed by atoms with Gasteiger partial charge in [-0.2, -0.15) is 0 Å². The van der Waals surface area contributed by atoms with E-state index in [1.165, 1.54) is 31.1 Å². The van der Waals surface area contributed by atoms with Gasteiger partial charge in [-0.25, -0.2) is 0 Å². The summed E-state index contributed by atoms with van der Waals surface area (Å²) < 4.78 is 0. The molecular formula is C15H19N3O4. The van der Waals surface area contributed by atoms with Crippen LogP contribution in [0.2, 0.25) is 0 Å². The molecule has 1 atom stereocenters. The number of carbonyl (C=O) groups excluding carboxylic acids is 4. The summed E-state index contributed by atoms with van der Waals surface area (Å²) in [4.78, 5) is 47.2. The second kappa shape index (κ2) is 7.92. The topological polar surface area (TPSA) is 110 Å². The molecule has 1 aromatic carbocycles. The molecule has 1 rings (SSSR count). The Labute approximate surface area is 128 Å². The lowest BCUT2D eigenvalue weighted by Crippen LogP contribution is -2.39. The average Bonchev–Trinajstić information content (AvgIpc) is 2.53. The van der Waals surface area contributed by atoms with Crippen molar-refractivity contribution >= 4 is 30.1 Å². The molecular weight excluding hydrogens is 286 g/mol. The number of nitrogens with two attached hydrogens (primary N) is 1. The predicted molar refractivity (Wildman–Crippen MR) is 81.5 cm³/mol. The molecule has 0 aromatic heterocycles. The first-order valence-corrected chi connectivity index (χ1v) is 6.73. The SMILES string of the molecule is CNC(=O)CCC(C=O)N(C)C(=O)c1c(N)cccc1C=O. The van der Waals surface area contributed by atoms with E-state index < -0.39 is 11.9 Å². The fourth-order valence-electron chi connectivity index (χ4n) is 2.02. The highest BCUT2D eigenvalue weighted by atomic mass is 16.2. The van der Waals surface area contributed by atoms with Crippen LogP contribution in [0.15, 0.2) is 18.2 Å². The van der Waals surface area contributed by atoms with Gasteiger partial charge < -0.3 is 20.7 Å². The van der Waals surface area contributed by atoms with Crippen molar-refractivity contribution in [3.63, 3.8) is 0 Å². The highest BCUT2D eigenvalue weighted by molar-refractivity contribution is 6.06. The monoisotopic (exact) mass is 305 g/mol. The van der Waals surface area contributed by atoms with Gasteiger partial charge in [0.05, 0.1) is 11.6 Å². The van der Waals surface area contributed by atoms with E-state index in [9.17, 15) is 19.2 Å². The maximum absolute atomic E-state index is 12.5. The third kappa shape index (κ3) is 3.91. The van der Waals surface area contributed by atoms with Gasteiger partial charge in [0.1, 0.15) is 6.29 Å². The van der Waals surface area contributed by atoms with E-state index in [0.29, 0.717) is 12.6 Å². The van der Waals surface area contributed by atoms with Gasteiger partial charge in [0, 0.05) is 31.8 Å². The third-order valence-corrected chi connectivity index (χ3v) is 3.39. The van der Waals surface area contributed by atoms with Gasteiger partial charge in [-0.05, 0) is 12.5 Å². The molecule has 3 N–H and O–H groups in total. The fraction of sp³-hybridized carbons (Fsp3) is 0.333. The summed E-state index contributed by atoms with van der Waals surface area (Å²) in [5.41, 5.74) is 6.15. The van der Waals surface area contributed by atoms with E-state index in [1.54, 1.807) is 6.07 Å². The minimum Gasteiger partial charge on any atom is -0.398 e. The first-order chi connectivity index (χ1) is 10.5. The maximum atomic E-state index is 12.5. The van der Waals surface area contributed by atoms with Crippen LogP contribution in [-0.2, 0) is 9.59 Å². The van der Waals surface area contributed by atoms with Gasteiger partial charge in [-0.1, -0.05) is 12.1 Å². The highest BCUT2D eigenvalue weighted by Gasteiger charge is 2.24. The molecule has 0 heterocycles. The molecule has 0 saturated carbocycles. The Bertz CT molecular complexity index is 586. The van der Waals surface area contributed by atoms with Crippen molar-refractivity contribution in [3.05, 3.63) is 29.3 Å². The van der Waals surface area contributed by atoms with Crippen molar-refractivity contribution < 1.29 is 19.2 Å². The lowest BCUT2D eigenvalue weighted by molar-refractivity contribution is -0.121. The maximum Gasteiger partial charge on any atom is 0.257 e. The van der Waals surface area contributed by atoms with Crippen molar-refractivity contribution in [1.29, 1.82) is 0 Å². The summed E-state index contributed by atoms with van der Waals surface area (Å²) in [6.45, 7) is 0. The Kier molecular flexibility index (Phi) is 6.25. The molecule has 0 fully saturated rings. The number of benzene rings is 1. The van der Waals surface area contributed by atoms with Crippen molar-refractivity contribution in [1.82, 2.24) is 10.2 Å². The molecule has 0 aliphatic heterocycles. The molecule has 0 saturated heterocycles. The van der Waals surface area contributed by atoms with Crippen LogP contribution in [0.1, 0.15) is 33.6 Å². The quantitative estimate of drug-likeness (QED) is 0.554. The van der Waals surface area contributed by atoms with Gasteiger partial charge in [-0.15, -0.1) is 0 Å². The number of nitrogens with one attached hydrogen (secondary N) is 1. The van der Waals surface area contributed by atoms with Gasteiger partial charge in [0.15, 0.2) is 6.29 Å². The molecule has 7 nitrogen and oxygen atoms in total. The number of aldehydes is 2. The number of hydrogen-bond donors (Lipinski definition) is 2. The third-order valence-electron chi connectivity index (χ3n) is 3.39. The van der Waals surface area contributed by atoms with Crippen LogP contribution in [-0.4, -0.2) is 49.4 Å². The zero-order valence-corrected chi connectivity index (χ0v) is 12.5. The minimum atomic E-state index is -0.774. The van der Waals surface area contributed by atoms with Gasteiger partial charge in [0.25, 0.3) is 5.91 Å². The van der Waals surface area contributed by atoms with Crippen LogP contribution in [0, 0.1) is 0 Å². The van der Waals surface area contributed by atoms with E-state index >= 15 is 0 Å². The van der Waals surface area contributed by atoms with Crippen molar-refractivity contribution in [2.75, 3.05) is 19.8 Å². The van der Waals surface area contributed by atoms with E-state index in [-0.39, 0.29) is 35.6 Å². The summed E-state index contributed by atoms with van der Waals surface area (Å²) in [5.74, 6) is -0.755. The second-order valence-corrected chi connectivity index (χ2v) is 4.76. The van der Waals surface area contributed by atoms with Crippen LogP contribution in [0.25, 0.3) is 0 Å². The molecule has 118 valence electrons. The van der Waals surface area contributed by atoms with Crippen LogP contribution in [0.4, 0.5) is 5.69 Å². The lowest BCUT2D eigenvalue weighted by atomic mass is 10.0. The minimum absolute atomic E-state index is 0.0618. The summed E-state index contributed by atoms with van der Waals surface area (Å²) in [6, 6.07) is 3.78. The molecule has 0 spiro atoms. The average molecular weight is 305 g/mol.